The molecule has 1 aliphatic rings. The first kappa shape index (κ1) is 12.5. The van der Waals surface area contributed by atoms with Gasteiger partial charge >= 0.3 is 5.97 Å². The Hall–Kier alpha value is -0.570. The lowest BCUT2D eigenvalue weighted by Crippen LogP contribution is -2.37. The normalized spacial score (nSPS) is 27.5. The molecule has 1 fully saturated rings. The number of hydrogen-bond donors (Lipinski definition) is 1. The molecule has 0 bridgehead atoms. The first-order valence-corrected chi connectivity index (χ1v) is 5.79. The lowest BCUT2D eigenvalue weighted by Gasteiger charge is -2.28. The lowest BCUT2D eigenvalue weighted by molar-refractivity contribution is -0.156. The molecule has 2 atom stereocenters. The van der Waals surface area contributed by atoms with Crippen LogP contribution in [-0.4, -0.2) is 24.7 Å². The van der Waals surface area contributed by atoms with Crippen molar-refractivity contribution in [3.05, 3.63) is 0 Å². The Labute approximate surface area is 92.6 Å². The van der Waals surface area contributed by atoms with Crippen LogP contribution in [-0.2, 0) is 9.53 Å². The predicted molar refractivity (Wildman–Crippen MR) is 60.6 cm³/mol. The molecule has 1 heterocycles. The van der Waals surface area contributed by atoms with E-state index in [1.807, 2.05) is 20.8 Å². The van der Waals surface area contributed by atoms with E-state index in [4.69, 9.17) is 4.74 Å². The van der Waals surface area contributed by atoms with Crippen LogP contribution in [0.25, 0.3) is 0 Å². The molecule has 15 heavy (non-hydrogen) atoms. The Morgan fingerprint density at radius 2 is 2.07 bits per heavy atom. The zero-order valence-electron chi connectivity index (χ0n) is 10.3. The van der Waals surface area contributed by atoms with E-state index >= 15 is 0 Å². The highest BCUT2D eigenvalue weighted by molar-refractivity contribution is 5.70. The van der Waals surface area contributed by atoms with Crippen LogP contribution in [0.15, 0.2) is 0 Å². The number of carbonyl (C=O) groups is 1. The molecule has 1 saturated heterocycles. The Morgan fingerprint density at radius 3 is 2.60 bits per heavy atom. The van der Waals surface area contributed by atoms with Crippen molar-refractivity contribution in [3.63, 3.8) is 0 Å². The van der Waals surface area contributed by atoms with E-state index in [2.05, 4.69) is 12.2 Å². The van der Waals surface area contributed by atoms with Crippen LogP contribution in [0.3, 0.4) is 0 Å². The first-order chi connectivity index (χ1) is 6.87. The zero-order chi connectivity index (χ0) is 11.5. The summed E-state index contributed by atoms with van der Waals surface area (Å²) >= 11 is 0. The SMILES string of the molecule is CC1CNCC(CC(=O)OC(C)(C)C)C1. The van der Waals surface area contributed by atoms with Gasteiger partial charge in [-0.15, -0.1) is 0 Å². The van der Waals surface area contributed by atoms with Crippen LogP contribution in [0, 0.1) is 11.8 Å². The van der Waals surface area contributed by atoms with Gasteiger partial charge in [-0.25, -0.2) is 0 Å². The average molecular weight is 213 g/mol. The van der Waals surface area contributed by atoms with Gasteiger partial charge in [0.25, 0.3) is 0 Å². The number of hydrogen-bond acceptors (Lipinski definition) is 3. The number of piperidine rings is 1. The van der Waals surface area contributed by atoms with Gasteiger partial charge in [-0.3, -0.25) is 4.79 Å². The Morgan fingerprint density at radius 1 is 1.40 bits per heavy atom. The Bertz CT molecular complexity index is 220. The summed E-state index contributed by atoms with van der Waals surface area (Å²) in [5.41, 5.74) is -0.356. The molecule has 3 heteroatoms. The molecule has 0 amide bonds. The van der Waals surface area contributed by atoms with Crippen molar-refractivity contribution in [2.75, 3.05) is 13.1 Å². The molecule has 0 spiro atoms. The third kappa shape index (κ3) is 5.17. The third-order valence-electron chi connectivity index (χ3n) is 2.54. The van der Waals surface area contributed by atoms with Crippen molar-refractivity contribution < 1.29 is 9.53 Å². The second-order valence-electron chi connectivity index (χ2n) is 5.66. The lowest BCUT2D eigenvalue weighted by atomic mass is 9.89. The fourth-order valence-electron chi connectivity index (χ4n) is 2.04. The van der Waals surface area contributed by atoms with Crippen LogP contribution in [0.1, 0.15) is 40.5 Å². The molecular weight excluding hydrogens is 190 g/mol. The van der Waals surface area contributed by atoms with Gasteiger partial charge in [-0.1, -0.05) is 6.92 Å². The van der Waals surface area contributed by atoms with Crippen molar-refractivity contribution in [2.24, 2.45) is 11.8 Å². The minimum atomic E-state index is -0.356. The standard InChI is InChI=1S/C12H23NO2/c1-9-5-10(8-13-7-9)6-11(14)15-12(2,3)4/h9-10,13H,5-8H2,1-4H3. The van der Waals surface area contributed by atoms with Crippen molar-refractivity contribution in [2.45, 2.75) is 46.1 Å². The highest BCUT2D eigenvalue weighted by Gasteiger charge is 2.24. The van der Waals surface area contributed by atoms with Gasteiger partial charge in [-0.2, -0.15) is 0 Å². The highest BCUT2D eigenvalue weighted by atomic mass is 16.6. The van der Waals surface area contributed by atoms with Gasteiger partial charge in [0.1, 0.15) is 5.60 Å². The molecule has 1 aliphatic heterocycles. The molecule has 1 N–H and O–H groups in total. The molecular formula is C12H23NO2. The third-order valence-corrected chi connectivity index (χ3v) is 2.54. The second kappa shape index (κ2) is 4.97. The molecule has 0 aromatic heterocycles. The van der Waals surface area contributed by atoms with Gasteiger partial charge in [0.15, 0.2) is 0 Å². The summed E-state index contributed by atoms with van der Waals surface area (Å²) in [6.07, 6.45) is 1.68. The molecule has 1 rings (SSSR count). The van der Waals surface area contributed by atoms with Crippen LogP contribution >= 0.6 is 0 Å². The largest absolute Gasteiger partial charge is 0.460 e. The molecule has 2 unspecified atom stereocenters. The minimum absolute atomic E-state index is 0.0663. The molecule has 0 radical (unpaired) electrons. The minimum Gasteiger partial charge on any atom is -0.460 e. The highest BCUT2D eigenvalue weighted by Crippen LogP contribution is 2.20. The van der Waals surface area contributed by atoms with Gasteiger partial charge in [-0.05, 0) is 52.1 Å². The monoisotopic (exact) mass is 213 g/mol. The van der Waals surface area contributed by atoms with Gasteiger partial charge < -0.3 is 10.1 Å². The van der Waals surface area contributed by atoms with Gasteiger partial charge in [0.2, 0.25) is 0 Å². The van der Waals surface area contributed by atoms with E-state index in [0.717, 1.165) is 19.5 Å². The summed E-state index contributed by atoms with van der Waals surface area (Å²) in [6, 6.07) is 0. The van der Waals surface area contributed by atoms with Gasteiger partial charge in [0.05, 0.1) is 0 Å². The van der Waals surface area contributed by atoms with E-state index in [1.165, 1.54) is 0 Å². The van der Waals surface area contributed by atoms with Crippen molar-refractivity contribution >= 4 is 5.97 Å². The molecule has 0 aromatic carbocycles. The first-order valence-electron chi connectivity index (χ1n) is 5.79. The van der Waals surface area contributed by atoms with Crippen molar-refractivity contribution in [3.8, 4) is 0 Å². The summed E-state index contributed by atoms with van der Waals surface area (Å²) in [5, 5.41) is 3.35. The molecule has 3 nitrogen and oxygen atoms in total. The summed E-state index contributed by atoms with van der Waals surface area (Å²) in [5.74, 6) is 1.05. The molecule has 0 saturated carbocycles. The summed E-state index contributed by atoms with van der Waals surface area (Å²) in [7, 11) is 0. The Balaban J connectivity index is 2.31. The van der Waals surface area contributed by atoms with Crippen LogP contribution in [0.2, 0.25) is 0 Å². The fraction of sp³-hybridized carbons (Fsp3) is 0.917. The van der Waals surface area contributed by atoms with E-state index in [0.29, 0.717) is 18.3 Å². The maximum atomic E-state index is 11.6. The van der Waals surface area contributed by atoms with E-state index in [9.17, 15) is 4.79 Å². The van der Waals surface area contributed by atoms with Crippen molar-refractivity contribution in [1.82, 2.24) is 5.32 Å². The summed E-state index contributed by atoms with van der Waals surface area (Å²) < 4.78 is 5.31. The topological polar surface area (TPSA) is 38.3 Å². The van der Waals surface area contributed by atoms with E-state index in [-0.39, 0.29) is 11.6 Å². The summed E-state index contributed by atoms with van der Waals surface area (Å²) in [6.45, 7) is 9.97. The second-order valence-corrected chi connectivity index (χ2v) is 5.66. The van der Waals surface area contributed by atoms with Gasteiger partial charge in [0, 0.05) is 6.42 Å². The fourth-order valence-corrected chi connectivity index (χ4v) is 2.04. The van der Waals surface area contributed by atoms with E-state index in [1.54, 1.807) is 0 Å². The number of rotatable bonds is 2. The Kier molecular flexibility index (Phi) is 4.14. The zero-order valence-corrected chi connectivity index (χ0v) is 10.3. The molecule has 0 aromatic rings. The number of ether oxygens (including phenoxy) is 1. The van der Waals surface area contributed by atoms with Crippen LogP contribution < -0.4 is 5.32 Å². The van der Waals surface area contributed by atoms with Crippen molar-refractivity contribution in [1.29, 1.82) is 0 Å². The molecule has 0 aliphatic carbocycles. The maximum absolute atomic E-state index is 11.6. The number of esters is 1. The van der Waals surface area contributed by atoms with E-state index < -0.39 is 0 Å². The maximum Gasteiger partial charge on any atom is 0.306 e. The quantitative estimate of drug-likeness (QED) is 0.713. The van der Waals surface area contributed by atoms with Crippen LogP contribution in [0.5, 0.6) is 0 Å². The number of nitrogens with one attached hydrogen (secondary N) is 1. The average Bonchev–Trinajstić information content (AvgIpc) is 1.99. The summed E-state index contributed by atoms with van der Waals surface area (Å²) in [4.78, 5) is 11.6. The predicted octanol–water partition coefficient (Wildman–Crippen LogP) is 1.96. The molecule has 88 valence electrons. The smallest absolute Gasteiger partial charge is 0.306 e. The van der Waals surface area contributed by atoms with Crippen LogP contribution in [0.4, 0.5) is 0 Å². The number of carbonyl (C=O) groups excluding carboxylic acids is 1.